The summed E-state index contributed by atoms with van der Waals surface area (Å²) in [6, 6.07) is 8.10. The topological polar surface area (TPSA) is 83.3 Å². The summed E-state index contributed by atoms with van der Waals surface area (Å²) < 4.78 is 1.81. The van der Waals surface area contributed by atoms with Crippen molar-refractivity contribution in [3.8, 4) is 11.3 Å². The summed E-state index contributed by atoms with van der Waals surface area (Å²) >= 11 is 6.95. The summed E-state index contributed by atoms with van der Waals surface area (Å²) in [5, 5.41) is 16.4. The standard InChI is InChI=1S/C19H22N6OS2/c1-12(26)20-15-9-7-13(8-10-15)16-11-28-19-23-17(24-25(16)19)22-18(27)21-14-5-3-2-4-6-14/h7-11,14H,2-6H2,1H3,(H,20,26)(H2,21,22,24,27). The Kier molecular flexibility index (Phi) is 5.54. The lowest BCUT2D eigenvalue weighted by molar-refractivity contribution is -0.114. The summed E-state index contributed by atoms with van der Waals surface area (Å²) in [6.07, 6.45) is 6.13. The zero-order valence-corrected chi connectivity index (χ0v) is 17.2. The van der Waals surface area contributed by atoms with Crippen LogP contribution in [-0.2, 0) is 4.79 Å². The molecule has 28 heavy (non-hydrogen) atoms. The molecule has 1 aliphatic carbocycles. The van der Waals surface area contributed by atoms with Gasteiger partial charge in [0, 0.05) is 29.6 Å². The summed E-state index contributed by atoms with van der Waals surface area (Å²) in [5.74, 6) is 0.409. The Bertz CT molecular complexity index is 988. The van der Waals surface area contributed by atoms with Gasteiger partial charge in [0.1, 0.15) is 0 Å². The van der Waals surface area contributed by atoms with E-state index < -0.39 is 0 Å². The number of amides is 1. The number of carbonyl (C=O) groups excluding carboxylic acids is 1. The second-order valence-electron chi connectivity index (χ2n) is 6.94. The highest BCUT2D eigenvalue weighted by atomic mass is 32.1. The van der Waals surface area contributed by atoms with Crippen molar-refractivity contribution < 1.29 is 4.79 Å². The van der Waals surface area contributed by atoms with Crippen LogP contribution in [0.2, 0.25) is 0 Å². The molecule has 2 aromatic heterocycles. The number of rotatable bonds is 4. The molecule has 0 saturated heterocycles. The fourth-order valence-electron chi connectivity index (χ4n) is 3.43. The molecule has 0 unspecified atom stereocenters. The van der Waals surface area contributed by atoms with E-state index in [1.165, 1.54) is 37.5 Å². The van der Waals surface area contributed by atoms with Crippen LogP contribution in [0, 0.1) is 0 Å². The van der Waals surface area contributed by atoms with Gasteiger partial charge in [-0.3, -0.25) is 10.1 Å². The largest absolute Gasteiger partial charge is 0.360 e. The van der Waals surface area contributed by atoms with Crippen molar-refractivity contribution in [2.75, 3.05) is 10.6 Å². The highest BCUT2D eigenvalue weighted by Gasteiger charge is 2.16. The Labute approximate surface area is 172 Å². The van der Waals surface area contributed by atoms with Crippen LogP contribution in [0.15, 0.2) is 29.6 Å². The highest BCUT2D eigenvalue weighted by Crippen LogP contribution is 2.27. The van der Waals surface area contributed by atoms with Crippen LogP contribution in [0.3, 0.4) is 0 Å². The molecular formula is C19H22N6OS2. The quantitative estimate of drug-likeness (QED) is 0.559. The number of thiazole rings is 1. The van der Waals surface area contributed by atoms with Crippen LogP contribution in [0.5, 0.6) is 0 Å². The number of anilines is 2. The molecule has 7 nitrogen and oxygen atoms in total. The molecule has 3 N–H and O–H groups in total. The van der Waals surface area contributed by atoms with Gasteiger partial charge in [0.15, 0.2) is 5.11 Å². The molecule has 146 valence electrons. The zero-order chi connectivity index (χ0) is 19.5. The Morgan fingerprint density at radius 2 is 1.93 bits per heavy atom. The molecule has 0 bridgehead atoms. The normalized spacial score (nSPS) is 14.8. The SMILES string of the molecule is CC(=O)Nc1ccc(-c2csc3nc(NC(=S)NC4CCCCC4)nn23)cc1. The molecule has 9 heteroatoms. The molecule has 1 fully saturated rings. The molecule has 4 rings (SSSR count). The first-order valence-electron chi connectivity index (χ1n) is 9.38. The number of hydrogen-bond acceptors (Lipinski definition) is 5. The third-order valence-electron chi connectivity index (χ3n) is 4.75. The van der Waals surface area contributed by atoms with E-state index in [-0.39, 0.29) is 5.91 Å². The van der Waals surface area contributed by atoms with E-state index in [9.17, 15) is 4.79 Å². The molecule has 0 aliphatic heterocycles. The predicted molar refractivity (Wildman–Crippen MR) is 117 cm³/mol. The summed E-state index contributed by atoms with van der Waals surface area (Å²) in [6.45, 7) is 1.49. The fraction of sp³-hybridized carbons (Fsp3) is 0.368. The Hall–Kier alpha value is -2.52. The first kappa shape index (κ1) is 18.8. The first-order valence-corrected chi connectivity index (χ1v) is 10.7. The molecule has 3 aromatic rings. The lowest BCUT2D eigenvalue weighted by Crippen LogP contribution is -2.39. The average Bonchev–Trinajstić information content (AvgIpc) is 3.23. The lowest BCUT2D eigenvalue weighted by Gasteiger charge is -2.23. The molecule has 1 aliphatic rings. The number of hydrogen-bond donors (Lipinski definition) is 3. The number of nitrogens with zero attached hydrogens (tertiary/aromatic N) is 3. The molecule has 0 spiro atoms. The van der Waals surface area contributed by atoms with Gasteiger partial charge in [-0.15, -0.1) is 16.4 Å². The van der Waals surface area contributed by atoms with Gasteiger partial charge in [0.2, 0.25) is 16.8 Å². The third-order valence-corrected chi connectivity index (χ3v) is 5.78. The summed E-state index contributed by atoms with van der Waals surface area (Å²) in [4.78, 5) is 16.5. The highest BCUT2D eigenvalue weighted by molar-refractivity contribution is 7.80. The van der Waals surface area contributed by atoms with Crippen molar-refractivity contribution >= 4 is 51.2 Å². The third kappa shape index (κ3) is 4.31. The first-order chi connectivity index (χ1) is 13.6. The molecule has 2 heterocycles. The van der Waals surface area contributed by atoms with Gasteiger partial charge in [0.05, 0.1) is 5.69 Å². The van der Waals surface area contributed by atoms with Crippen molar-refractivity contribution in [1.29, 1.82) is 0 Å². The van der Waals surface area contributed by atoms with Crippen LogP contribution in [0.25, 0.3) is 16.2 Å². The minimum Gasteiger partial charge on any atom is -0.360 e. The molecular weight excluding hydrogens is 392 g/mol. The van der Waals surface area contributed by atoms with Crippen LogP contribution in [0.4, 0.5) is 11.6 Å². The Morgan fingerprint density at radius 1 is 1.18 bits per heavy atom. The van der Waals surface area contributed by atoms with E-state index in [1.807, 2.05) is 34.2 Å². The predicted octanol–water partition coefficient (Wildman–Crippen LogP) is 4.04. The van der Waals surface area contributed by atoms with Gasteiger partial charge in [-0.1, -0.05) is 31.4 Å². The van der Waals surface area contributed by atoms with Crippen molar-refractivity contribution in [3.63, 3.8) is 0 Å². The van der Waals surface area contributed by atoms with Crippen LogP contribution in [-0.4, -0.2) is 31.7 Å². The van der Waals surface area contributed by atoms with Gasteiger partial charge < -0.3 is 10.6 Å². The molecule has 1 aromatic carbocycles. The number of thiocarbonyl (C=S) groups is 1. The van der Waals surface area contributed by atoms with E-state index in [0.29, 0.717) is 17.1 Å². The molecule has 0 atom stereocenters. The number of aromatic nitrogens is 3. The minimum atomic E-state index is -0.0875. The summed E-state index contributed by atoms with van der Waals surface area (Å²) in [7, 11) is 0. The number of nitrogens with one attached hydrogen (secondary N) is 3. The second kappa shape index (κ2) is 8.24. The minimum absolute atomic E-state index is 0.0875. The zero-order valence-electron chi connectivity index (χ0n) is 15.6. The maximum absolute atomic E-state index is 11.2. The van der Waals surface area contributed by atoms with Crippen molar-refractivity contribution in [3.05, 3.63) is 29.6 Å². The Balaban J connectivity index is 1.47. The van der Waals surface area contributed by atoms with E-state index in [4.69, 9.17) is 12.2 Å². The van der Waals surface area contributed by atoms with Gasteiger partial charge in [-0.05, 0) is 37.2 Å². The van der Waals surface area contributed by atoms with Crippen LogP contribution in [0.1, 0.15) is 39.0 Å². The maximum atomic E-state index is 11.2. The van der Waals surface area contributed by atoms with Gasteiger partial charge >= 0.3 is 0 Å². The fourth-order valence-corrected chi connectivity index (χ4v) is 4.52. The Morgan fingerprint density at radius 3 is 2.64 bits per heavy atom. The summed E-state index contributed by atoms with van der Waals surface area (Å²) in [5.41, 5.74) is 2.71. The van der Waals surface area contributed by atoms with Crippen molar-refractivity contribution in [2.45, 2.75) is 45.1 Å². The van der Waals surface area contributed by atoms with E-state index in [2.05, 4.69) is 26.0 Å². The van der Waals surface area contributed by atoms with Crippen molar-refractivity contribution in [1.82, 2.24) is 19.9 Å². The number of fused-ring (bicyclic) bond motifs is 1. The number of carbonyl (C=O) groups is 1. The second-order valence-corrected chi connectivity index (χ2v) is 8.19. The average molecular weight is 415 g/mol. The van der Waals surface area contributed by atoms with Crippen molar-refractivity contribution in [2.24, 2.45) is 0 Å². The van der Waals surface area contributed by atoms with Gasteiger partial charge in [-0.25, -0.2) is 4.52 Å². The molecule has 0 radical (unpaired) electrons. The van der Waals surface area contributed by atoms with Gasteiger partial charge in [-0.2, -0.15) is 4.98 Å². The van der Waals surface area contributed by atoms with E-state index in [0.717, 1.165) is 34.7 Å². The van der Waals surface area contributed by atoms with E-state index in [1.54, 1.807) is 0 Å². The maximum Gasteiger partial charge on any atom is 0.250 e. The van der Waals surface area contributed by atoms with Crippen LogP contribution < -0.4 is 16.0 Å². The van der Waals surface area contributed by atoms with E-state index >= 15 is 0 Å². The van der Waals surface area contributed by atoms with Crippen LogP contribution >= 0.6 is 23.6 Å². The van der Waals surface area contributed by atoms with Gasteiger partial charge in [0.25, 0.3) is 0 Å². The lowest BCUT2D eigenvalue weighted by atomic mass is 9.96. The monoisotopic (exact) mass is 414 g/mol. The molecule has 1 saturated carbocycles. The number of benzene rings is 1. The smallest absolute Gasteiger partial charge is 0.250 e. The molecule has 1 amide bonds.